The monoisotopic (exact) mass is 413 g/mol. The molecule has 2 amide bonds. The van der Waals surface area contributed by atoms with Crippen molar-refractivity contribution in [3.63, 3.8) is 0 Å². The van der Waals surface area contributed by atoms with Gasteiger partial charge in [0.1, 0.15) is 0 Å². The number of aryl methyl sites for hydroxylation is 2. The Balaban J connectivity index is 1.17. The number of carbonyl (C=O) groups excluding carboxylic acids is 2. The minimum absolute atomic E-state index is 0.00145. The van der Waals surface area contributed by atoms with E-state index in [-0.39, 0.29) is 17.9 Å². The number of anilines is 1. The molecule has 0 bridgehead atoms. The molecular formula is C26H27N3O2. The maximum Gasteiger partial charge on any atom is 0.252 e. The maximum atomic E-state index is 13.0. The summed E-state index contributed by atoms with van der Waals surface area (Å²) in [5, 5.41) is 8.51. The first kappa shape index (κ1) is 19.8. The van der Waals surface area contributed by atoms with E-state index in [4.69, 9.17) is 0 Å². The number of para-hydroxylation sites is 1. The molecule has 0 aromatic heterocycles. The van der Waals surface area contributed by atoms with Crippen LogP contribution in [0.15, 0.2) is 60.7 Å². The number of carbonyl (C=O) groups is 2. The summed E-state index contributed by atoms with van der Waals surface area (Å²) in [5.41, 5.74) is 4.29. The van der Waals surface area contributed by atoms with E-state index in [1.807, 2.05) is 36.4 Å². The Morgan fingerprint density at radius 3 is 2.39 bits per heavy atom. The van der Waals surface area contributed by atoms with E-state index in [2.05, 4.69) is 39.8 Å². The Bertz CT molecular complexity index is 1110. The molecule has 5 heteroatoms. The molecule has 0 radical (unpaired) electrons. The summed E-state index contributed by atoms with van der Waals surface area (Å²) in [7, 11) is 0. The normalized spacial score (nSPS) is 16.4. The highest BCUT2D eigenvalue weighted by atomic mass is 16.2. The molecule has 0 atom stereocenters. The molecule has 31 heavy (non-hydrogen) atoms. The lowest BCUT2D eigenvalue weighted by Crippen LogP contribution is -2.46. The van der Waals surface area contributed by atoms with Crippen LogP contribution in [0.3, 0.4) is 0 Å². The molecule has 2 aliphatic rings. The van der Waals surface area contributed by atoms with Gasteiger partial charge in [-0.1, -0.05) is 42.5 Å². The molecule has 158 valence electrons. The van der Waals surface area contributed by atoms with Gasteiger partial charge in [-0.2, -0.15) is 0 Å². The van der Waals surface area contributed by atoms with Crippen LogP contribution in [0.5, 0.6) is 0 Å². The molecule has 0 saturated carbocycles. The van der Waals surface area contributed by atoms with Gasteiger partial charge in [-0.05, 0) is 65.8 Å². The van der Waals surface area contributed by atoms with Crippen LogP contribution < -0.4 is 10.6 Å². The second kappa shape index (κ2) is 8.52. The molecule has 5 nitrogen and oxygen atoms in total. The van der Waals surface area contributed by atoms with Gasteiger partial charge in [0.2, 0.25) is 5.91 Å². The summed E-state index contributed by atoms with van der Waals surface area (Å²) in [6.07, 6.45) is 3.83. The van der Waals surface area contributed by atoms with Gasteiger partial charge in [0, 0.05) is 30.4 Å². The molecule has 0 spiro atoms. The lowest BCUT2D eigenvalue weighted by atomic mass is 9.98. The average Bonchev–Trinajstić information content (AvgIpc) is 3.21. The SMILES string of the molecule is O=C(CN1CCC(NC(=O)c2ccc3c4c(cccc24)CC3)CC1)Nc1ccccc1. The summed E-state index contributed by atoms with van der Waals surface area (Å²) >= 11 is 0. The van der Waals surface area contributed by atoms with Crippen LogP contribution in [0.1, 0.15) is 34.3 Å². The van der Waals surface area contributed by atoms with Gasteiger partial charge < -0.3 is 10.6 Å². The van der Waals surface area contributed by atoms with Crippen molar-refractivity contribution in [3.05, 3.63) is 77.4 Å². The number of amides is 2. The first-order chi connectivity index (χ1) is 15.2. The van der Waals surface area contributed by atoms with Crippen molar-refractivity contribution < 1.29 is 9.59 Å². The van der Waals surface area contributed by atoms with Crippen LogP contribution in [-0.2, 0) is 17.6 Å². The quantitative estimate of drug-likeness (QED) is 0.669. The van der Waals surface area contributed by atoms with Crippen LogP contribution in [0.4, 0.5) is 5.69 Å². The Labute approximate surface area is 182 Å². The minimum Gasteiger partial charge on any atom is -0.349 e. The molecule has 3 aromatic rings. The van der Waals surface area contributed by atoms with Gasteiger partial charge in [-0.3, -0.25) is 14.5 Å². The zero-order chi connectivity index (χ0) is 21.2. The summed E-state index contributed by atoms with van der Waals surface area (Å²) in [6.45, 7) is 1.98. The van der Waals surface area contributed by atoms with Crippen molar-refractivity contribution in [2.45, 2.75) is 31.7 Å². The second-order valence-corrected chi connectivity index (χ2v) is 8.55. The van der Waals surface area contributed by atoms with Crippen LogP contribution >= 0.6 is 0 Å². The third kappa shape index (κ3) is 4.19. The van der Waals surface area contributed by atoms with Crippen molar-refractivity contribution in [1.82, 2.24) is 10.2 Å². The molecule has 1 fully saturated rings. The molecule has 5 rings (SSSR count). The van der Waals surface area contributed by atoms with Crippen molar-refractivity contribution in [2.75, 3.05) is 25.0 Å². The fourth-order valence-electron chi connectivity index (χ4n) is 4.87. The molecule has 1 aliphatic carbocycles. The number of likely N-dealkylation sites (tertiary alicyclic amines) is 1. The van der Waals surface area contributed by atoms with Crippen molar-refractivity contribution >= 4 is 28.3 Å². The van der Waals surface area contributed by atoms with Crippen LogP contribution in [0, 0.1) is 0 Å². The van der Waals surface area contributed by atoms with Gasteiger partial charge >= 0.3 is 0 Å². The lowest BCUT2D eigenvalue weighted by molar-refractivity contribution is -0.117. The van der Waals surface area contributed by atoms with Crippen LogP contribution in [-0.4, -0.2) is 42.4 Å². The Kier molecular flexibility index (Phi) is 5.43. The number of hydrogen-bond acceptors (Lipinski definition) is 3. The van der Waals surface area contributed by atoms with Gasteiger partial charge in [0.15, 0.2) is 0 Å². The number of benzene rings is 3. The maximum absolute atomic E-state index is 13.0. The van der Waals surface area contributed by atoms with Gasteiger partial charge in [0.05, 0.1) is 6.54 Å². The fraction of sp³-hybridized carbons (Fsp3) is 0.308. The van der Waals surface area contributed by atoms with Gasteiger partial charge in [-0.25, -0.2) is 0 Å². The van der Waals surface area contributed by atoms with E-state index >= 15 is 0 Å². The smallest absolute Gasteiger partial charge is 0.252 e. The standard InChI is InChI=1S/C26H27N3O2/c30-24(27-20-6-2-1-3-7-20)17-29-15-13-21(14-16-29)28-26(31)23-12-11-19-10-9-18-5-4-8-22(23)25(18)19/h1-8,11-12,21H,9-10,13-17H2,(H,27,30)(H,28,31). The molecule has 1 heterocycles. The molecular weight excluding hydrogens is 386 g/mol. The van der Waals surface area contributed by atoms with E-state index in [0.717, 1.165) is 55.4 Å². The second-order valence-electron chi connectivity index (χ2n) is 8.55. The van der Waals surface area contributed by atoms with Crippen molar-refractivity contribution in [3.8, 4) is 0 Å². The van der Waals surface area contributed by atoms with E-state index in [1.54, 1.807) is 0 Å². The zero-order valence-electron chi connectivity index (χ0n) is 17.6. The third-order valence-corrected chi connectivity index (χ3v) is 6.47. The molecule has 1 aliphatic heterocycles. The van der Waals surface area contributed by atoms with Crippen LogP contribution in [0.25, 0.3) is 10.8 Å². The first-order valence-electron chi connectivity index (χ1n) is 11.1. The number of nitrogens with zero attached hydrogens (tertiary/aromatic N) is 1. The Hall–Kier alpha value is -3.18. The van der Waals surface area contributed by atoms with E-state index in [9.17, 15) is 9.59 Å². The van der Waals surface area contributed by atoms with Gasteiger partial charge in [0.25, 0.3) is 5.91 Å². The Morgan fingerprint density at radius 2 is 1.61 bits per heavy atom. The van der Waals surface area contributed by atoms with E-state index in [0.29, 0.717) is 6.54 Å². The highest BCUT2D eigenvalue weighted by Gasteiger charge is 2.24. The largest absolute Gasteiger partial charge is 0.349 e. The molecule has 1 saturated heterocycles. The summed E-state index contributed by atoms with van der Waals surface area (Å²) in [4.78, 5) is 27.5. The Morgan fingerprint density at radius 1 is 0.871 bits per heavy atom. The minimum atomic E-state index is 0.00145. The highest BCUT2D eigenvalue weighted by Crippen LogP contribution is 2.32. The summed E-state index contributed by atoms with van der Waals surface area (Å²) < 4.78 is 0. The van der Waals surface area contributed by atoms with E-state index < -0.39 is 0 Å². The van der Waals surface area contributed by atoms with Crippen molar-refractivity contribution in [1.29, 1.82) is 0 Å². The fourth-order valence-corrected chi connectivity index (χ4v) is 4.87. The highest BCUT2D eigenvalue weighted by molar-refractivity contribution is 6.09. The molecule has 0 unspecified atom stereocenters. The predicted octanol–water partition coefficient (Wildman–Crippen LogP) is 3.77. The first-order valence-corrected chi connectivity index (χ1v) is 11.1. The van der Waals surface area contributed by atoms with Gasteiger partial charge in [-0.15, -0.1) is 0 Å². The number of nitrogens with one attached hydrogen (secondary N) is 2. The predicted molar refractivity (Wildman–Crippen MR) is 123 cm³/mol. The third-order valence-electron chi connectivity index (χ3n) is 6.47. The summed E-state index contributed by atoms with van der Waals surface area (Å²) in [6, 6.07) is 20.1. The number of hydrogen-bond donors (Lipinski definition) is 2. The zero-order valence-corrected chi connectivity index (χ0v) is 17.6. The number of rotatable bonds is 5. The van der Waals surface area contributed by atoms with Crippen molar-refractivity contribution in [2.24, 2.45) is 0 Å². The molecule has 2 N–H and O–H groups in total. The number of piperidine rings is 1. The van der Waals surface area contributed by atoms with Crippen LogP contribution in [0.2, 0.25) is 0 Å². The van der Waals surface area contributed by atoms with E-state index in [1.165, 1.54) is 16.5 Å². The average molecular weight is 414 g/mol. The summed E-state index contributed by atoms with van der Waals surface area (Å²) in [5.74, 6) is 0.0115. The topological polar surface area (TPSA) is 61.4 Å². The molecule has 3 aromatic carbocycles. The lowest BCUT2D eigenvalue weighted by Gasteiger charge is -2.32.